The molecular formula is C31H51N3O5. The third kappa shape index (κ3) is 5.56. The van der Waals surface area contributed by atoms with Crippen molar-refractivity contribution in [2.24, 2.45) is 17.3 Å². The lowest BCUT2D eigenvalue weighted by atomic mass is 9.70. The molecule has 3 aliphatic rings. The molecule has 0 aromatic heterocycles. The van der Waals surface area contributed by atoms with Gasteiger partial charge in [0.05, 0.1) is 30.6 Å². The van der Waals surface area contributed by atoms with Crippen molar-refractivity contribution in [3.8, 4) is 0 Å². The lowest BCUT2D eigenvalue weighted by molar-refractivity contribution is -0.156. The molecule has 3 rings (SSSR count). The number of ether oxygens (including phenoxy) is 1. The second kappa shape index (κ2) is 11.7. The fraction of sp³-hybridized carbons (Fsp3) is 0.774. The Labute approximate surface area is 235 Å². The first kappa shape index (κ1) is 31.3. The number of likely N-dealkylation sites (tertiary alicyclic amines) is 1. The fourth-order valence-corrected chi connectivity index (χ4v) is 7.69. The number of fused-ring (bicyclic) bond motifs is 1. The largest absolute Gasteiger partial charge is 0.394 e. The summed E-state index contributed by atoms with van der Waals surface area (Å²) in [5.74, 6) is -1.96. The van der Waals surface area contributed by atoms with E-state index in [2.05, 4.69) is 47.8 Å². The number of carbonyl (C=O) groups excluding carboxylic acids is 3. The molecule has 8 nitrogen and oxygen atoms in total. The first-order valence-electron chi connectivity index (χ1n) is 14.7. The average molecular weight is 546 g/mol. The Hall–Kier alpha value is -2.19. The van der Waals surface area contributed by atoms with Gasteiger partial charge in [-0.2, -0.15) is 0 Å². The Kier molecular flexibility index (Phi) is 9.43. The molecule has 0 radical (unpaired) electrons. The van der Waals surface area contributed by atoms with Crippen LogP contribution in [0.25, 0.3) is 0 Å². The zero-order valence-corrected chi connectivity index (χ0v) is 25.2. The highest BCUT2D eigenvalue weighted by Gasteiger charge is 2.75. The number of carbonyl (C=O) groups is 3. The maximum Gasteiger partial charge on any atom is 0.249 e. The van der Waals surface area contributed by atoms with E-state index < -0.39 is 41.2 Å². The van der Waals surface area contributed by atoms with Gasteiger partial charge < -0.3 is 24.5 Å². The highest BCUT2D eigenvalue weighted by molar-refractivity contribution is 5.99. The average Bonchev–Trinajstić information content (AvgIpc) is 3.48. The van der Waals surface area contributed by atoms with Crippen molar-refractivity contribution in [2.75, 3.05) is 26.2 Å². The van der Waals surface area contributed by atoms with Gasteiger partial charge in [0.15, 0.2) is 0 Å². The van der Waals surface area contributed by atoms with Crippen LogP contribution >= 0.6 is 0 Å². The third-order valence-electron chi connectivity index (χ3n) is 8.76. The van der Waals surface area contributed by atoms with Gasteiger partial charge in [0, 0.05) is 25.2 Å². The van der Waals surface area contributed by atoms with Gasteiger partial charge in [0.2, 0.25) is 17.7 Å². The topological polar surface area (TPSA) is 90.4 Å². The summed E-state index contributed by atoms with van der Waals surface area (Å²) in [5.41, 5.74) is -1.66. The molecule has 8 heteroatoms. The van der Waals surface area contributed by atoms with Crippen LogP contribution in [0.3, 0.4) is 0 Å². The number of amides is 3. The summed E-state index contributed by atoms with van der Waals surface area (Å²) >= 11 is 0. The number of nitrogens with zero attached hydrogens (tertiary/aromatic N) is 3. The minimum atomic E-state index is -1.09. The fourth-order valence-electron chi connectivity index (χ4n) is 7.69. The second-order valence-electron chi connectivity index (χ2n) is 13.4. The molecule has 3 aliphatic heterocycles. The van der Waals surface area contributed by atoms with Crippen LogP contribution in [0.2, 0.25) is 0 Å². The van der Waals surface area contributed by atoms with Crippen LogP contribution in [0.15, 0.2) is 25.3 Å². The Bertz CT molecular complexity index is 952. The summed E-state index contributed by atoms with van der Waals surface area (Å²) < 4.78 is 6.65. The smallest absolute Gasteiger partial charge is 0.249 e. The van der Waals surface area contributed by atoms with Gasteiger partial charge in [0.1, 0.15) is 11.6 Å². The van der Waals surface area contributed by atoms with E-state index in [4.69, 9.17) is 4.74 Å². The molecule has 2 unspecified atom stereocenters. The Morgan fingerprint density at radius 3 is 2.31 bits per heavy atom. The summed E-state index contributed by atoms with van der Waals surface area (Å²) in [5, 5.41) is 10.3. The van der Waals surface area contributed by atoms with Gasteiger partial charge in [-0.05, 0) is 51.4 Å². The van der Waals surface area contributed by atoms with Gasteiger partial charge in [-0.1, -0.05) is 46.8 Å². The predicted molar refractivity (Wildman–Crippen MR) is 153 cm³/mol. The minimum absolute atomic E-state index is 0.0417. The van der Waals surface area contributed by atoms with Gasteiger partial charge >= 0.3 is 0 Å². The molecular weight excluding hydrogens is 494 g/mol. The van der Waals surface area contributed by atoms with Gasteiger partial charge in [-0.25, -0.2) is 0 Å². The molecule has 39 heavy (non-hydrogen) atoms. The summed E-state index contributed by atoms with van der Waals surface area (Å²) in [6, 6.07) is -1.45. The van der Waals surface area contributed by atoms with E-state index in [1.165, 1.54) is 0 Å². The zero-order chi connectivity index (χ0) is 29.3. The summed E-state index contributed by atoms with van der Waals surface area (Å²) in [6.07, 6.45) is 6.19. The Morgan fingerprint density at radius 1 is 1.15 bits per heavy atom. The molecule has 6 atom stereocenters. The quantitative estimate of drug-likeness (QED) is 0.356. The third-order valence-corrected chi connectivity index (χ3v) is 8.76. The molecule has 3 saturated heterocycles. The molecule has 3 fully saturated rings. The molecule has 0 aromatic carbocycles. The summed E-state index contributed by atoms with van der Waals surface area (Å²) in [6.45, 7) is 23.2. The predicted octanol–water partition coefficient (Wildman–Crippen LogP) is 3.79. The standard InChI is InChI=1S/C31H51N3O5/c1-10-16-32(17-11-2)26(36)23-22-14-15-31(39-22)24(23)27(37)34(21(13-4)19-35)25(31)28(38)33(18-12-3)30(8,9)20-29(5,6)7/h10,12,21-25,35H,1,3,11,13-20H2,2,4-9H3/t21-,22-,23+,24-,25?,31?/m0/s1. The van der Waals surface area contributed by atoms with Gasteiger partial charge in [-0.3, -0.25) is 14.4 Å². The SMILES string of the molecule is C=CCN(CCC)C(=O)[C@@H]1[C@@H]2CCC3(O2)C(C(=O)N(CC=C)C(C)(C)CC(C)(C)C)N([C@@H](CC)CO)C(=O)[C@H]13. The molecule has 0 aromatic rings. The molecule has 3 amide bonds. The summed E-state index contributed by atoms with van der Waals surface area (Å²) in [4.78, 5) is 48.1. The lowest BCUT2D eigenvalue weighted by Crippen LogP contribution is -2.62. The monoisotopic (exact) mass is 545 g/mol. The van der Waals surface area contributed by atoms with Crippen LogP contribution in [0.4, 0.5) is 0 Å². The van der Waals surface area contributed by atoms with E-state index in [0.717, 1.165) is 12.8 Å². The van der Waals surface area contributed by atoms with Crippen molar-refractivity contribution in [2.45, 2.75) is 110 Å². The van der Waals surface area contributed by atoms with Crippen LogP contribution in [0.5, 0.6) is 0 Å². The van der Waals surface area contributed by atoms with E-state index in [-0.39, 0.29) is 29.7 Å². The van der Waals surface area contributed by atoms with Crippen molar-refractivity contribution in [1.29, 1.82) is 0 Å². The van der Waals surface area contributed by atoms with Crippen molar-refractivity contribution in [3.63, 3.8) is 0 Å². The van der Waals surface area contributed by atoms with Gasteiger partial charge in [0.25, 0.3) is 0 Å². The van der Waals surface area contributed by atoms with E-state index in [1.807, 2.05) is 18.7 Å². The minimum Gasteiger partial charge on any atom is -0.394 e. The van der Waals surface area contributed by atoms with Gasteiger partial charge in [-0.15, -0.1) is 13.2 Å². The zero-order valence-electron chi connectivity index (χ0n) is 25.2. The number of hydrogen-bond donors (Lipinski definition) is 1. The molecule has 3 heterocycles. The highest BCUT2D eigenvalue weighted by Crippen LogP contribution is 2.59. The summed E-state index contributed by atoms with van der Waals surface area (Å²) in [7, 11) is 0. The van der Waals surface area contributed by atoms with E-state index in [9.17, 15) is 19.5 Å². The van der Waals surface area contributed by atoms with Crippen molar-refractivity contribution < 1.29 is 24.2 Å². The van der Waals surface area contributed by atoms with Crippen molar-refractivity contribution in [3.05, 3.63) is 25.3 Å². The maximum absolute atomic E-state index is 14.7. The Morgan fingerprint density at radius 2 is 1.79 bits per heavy atom. The van der Waals surface area contributed by atoms with Crippen molar-refractivity contribution >= 4 is 17.7 Å². The number of rotatable bonds is 13. The molecule has 1 spiro atoms. The Balaban J connectivity index is 2.12. The van der Waals surface area contributed by atoms with Crippen LogP contribution in [0.1, 0.15) is 80.6 Å². The normalized spacial score (nSPS) is 28.8. The maximum atomic E-state index is 14.7. The lowest BCUT2D eigenvalue weighted by Gasteiger charge is -2.46. The second-order valence-corrected chi connectivity index (χ2v) is 13.4. The van der Waals surface area contributed by atoms with Crippen molar-refractivity contribution in [1.82, 2.24) is 14.7 Å². The molecule has 0 aliphatic carbocycles. The van der Waals surface area contributed by atoms with E-state index >= 15 is 0 Å². The molecule has 2 bridgehead atoms. The van der Waals surface area contributed by atoms with Crippen LogP contribution in [-0.2, 0) is 19.1 Å². The first-order valence-corrected chi connectivity index (χ1v) is 14.7. The van der Waals surface area contributed by atoms with Crippen LogP contribution < -0.4 is 0 Å². The highest BCUT2D eigenvalue weighted by atomic mass is 16.5. The van der Waals surface area contributed by atoms with E-state index in [0.29, 0.717) is 38.9 Å². The number of aliphatic hydroxyl groups is 1. The number of aliphatic hydroxyl groups excluding tert-OH is 1. The molecule has 220 valence electrons. The first-order chi connectivity index (χ1) is 18.2. The van der Waals surface area contributed by atoms with Crippen LogP contribution in [-0.4, -0.2) is 93.1 Å². The molecule has 1 N–H and O–H groups in total. The van der Waals surface area contributed by atoms with Crippen LogP contribution in [0, 0.1) is 17.3 Å². The molecule has 0 saturated carbocycles. The van der Waals surface area contributed by atoms with E-state index in [1.54, 1.807) is 22.0 Å². The number of hydrogen-bond acceptors (Lipinski definition) is 5.